The predicted molar refractivity (Wildman–Crippen MR) is 110 cm³/mol. The lowest BCUT2D eigenvalue weighted by atomic mass is 9.93. The number of nitrogens with one attached hydrogen (secondary N) is 1. The van der Waals surface area contributed by atoms with Gasteiger partial charge in [-0.25, -0.2) is 0 Å². The predicted octanol–water partition coefficient (Wildman–Crippen LogP) is 3.67. The summed E-state index contributed by atoms with van der Waals surface area (Å²) in [6.45, 7) is 1.48. The Bertz CT molecular complexity index is 923. The highest BCUT2D eigenvalue weighted by molar-refractivity contribution is 5.82. The molecule has 2 N–H and O–H groups in total. The summed E-state index contributed by atoms with van der Waals surface area (Å²) in [6.07, 6.45) is 3.92. The molecule has 2 atom stereocenters. The van der Waals surface area contributed by atoms with Crippen LogP contribution in [0.5, 0.6) is 0 Å². The van der Waals surface area contributed by atoms with Crippen molar-refractivity contribution in [2.45, 2.75) is 38.3 Å². The number of carbonyl (C=O) groups is 3. The molecule has 2 aromatic carbocycles. The fraction of sp³-hybridized carbons (Fsp3) is 0.261. The highest BCUT2D eigenvalue weighted by atomic mass is 16.4. The van der Waals surface area contributed by atoms with Crippen molar-refractivity contribution in [3.05, 3.63) is 77.5 Å². The lowest BCUT2D eigenvalue weighted by Gasteiger charge is -2.32. The van der Waals surface area contributed by atoms with E-state index in [9.17, 15) is 14.4 Å². The molecule has 0 saturated carbocycles. The van der Waals surface area contributed by atoms with Gasteiger partial charge in [0.2, 0.25) is 11.8 Å². The van der Waals surface area contributed by atoms with Crippen LogP contribution in [0, 0.1) is 0 Å². The molecule has 6 heteroatoms. The maximum atomic E-state index is 12.9. The molecule has 1 aliphatic heterocycles. The van der Waals surface area contributed by atoms with Crippen LogP contribution in [0.2, 0.25) is 0 Å². The summed E-state index contributed by atoms with van der Waals surface area (Å²) in [7, 11) is 0. The van der Waals surface area contributed by atoms with E-state index in [0.717, 1.165) is 16.7 Å². The van der Waals surface area contributed by atoms with Gasteiger partial charge in [0.05, 0.1) is 18.5 Å². The molecule has 3 rings (SSSR count). The summed E-state index contributed by atoms with van der Waals surface area (Å²) in [6, 6.07) is 16.2. The zero-order valence-electron chi connectivity index (χ0n) is 16.2. The van der Waals surface area contributed by atoms with Crippen molar-refractivity contribution in [3.63, 3.8) is 0 Å². The van der Waals surface area contributed by atoms with Crippen LogP contribution in [-0.4, -0.2) is 27.8 Å². The zero-order chi connectivity index (χ0) is 20.8. The third-order valence-electron chi connectivity index (χ3n) is 5.03. The van der Waals surface area contributed by atoms with Gasteiger partial charge < -0.3 is 15.3 Å². The largest absolute Gasteiger partial charge is 0.481 e. The molecule has 29 heavy (non-hydrogen) atoms. The first-order valence-electron chi connectivity index (χ1n) is 9.58. The van der Waals surface area contributed by atoms with Crippen molar-refractivity contribution in [1.82, 2.24) is 10.2 Å². The van der Waals surface area contributed by atoms with Gasteiger partial charge in [0.15, 0.2) is 0 Å². The Morgan fingerprint density at radius 2 is 1.76 bits per heavy atom. The van der Waals surface area contributed by atoms with Crippen molar-refractivity contribution >= 4 is 23.9 Å². The van der Waals surface area contributed by atoms with Gasteiger partial charge in [-0.2, -0.15) is 0 Å². The first-order valence-corrected chi connectivity index (χ1v) is 9.58. The maximum Gasteiger partial charge on any atom is 0.303 e. The summed E-state index contributed by atoms with van der Waals surface area (Å²) in [4.78, 5) is 37.6. The molecule has 1 heterocycles. The van der Waals surface area contributed by atoms with Gasteiger partial charge in [0.25, 0.3) is 0 Å². The molecular weight excluding hydrogens is 368 g/mol. The molecular formula is C23H24N2O4. The van der Waals surface area contributed by atoms with Crippen LogP contribution in [0.3, 0.4) is 0 Å². The number of hydrogen-bond acceptors (Lipinski definition) is 3. The van der Waals surface area contributed by atoms with E-state index in [4.69, 9.17) is 5.11 Å². The van der Waals surface area contributed by atoms with Gasteiger partial charge in [-0.15, -0.1) is 0 Å². The van der Waals surface area contributed by atoms with Crippen LogP contribution in [0.15, 0.2) is 60.8 Å². The molecule has 2 aromatic rings. The lowest BCUT2D eigenvalue weighted by molar-refractivity contribution is -0.137. The minimum atomic E-state index is -0.908. The molecule has 0 spiro atoms. The van der Waals surface area contributed by atoms with Crippen LogP contribution in [-0.2, 0) is 14.4 Å². The first-order chi connectivity index (χ1) is 14.0. The molecule has 0 unspecified atom stereocenters. The van der Waals surface area contributed by atoms with E-state index in [1.54, 1.807) is 11.1 Å². The Balaban J connectivity index is 1.78. The quantitative estimate of drug-likeness (QED) is 0.753. The first kappa shape index (κ1) is 20.3. The Morgan fingerprint density at radius 1 is 1.07 bits per heavy atom. The summed E-state index contributed by atoms with van der Waals surface area (Å²) in [5, 5.41) is 12.0. The van der Waals surface area contributed by atoms with Gasteiger partial charge >= 0.3 is 5.97 Å². The standard InChI is InChI=1S/C23H24N2O4/c1-16(26)25-14-13-17-7-5-6-10-19(17)21(25)15-22(27)24-20(11-12-23(28)29)18-8-3-2-4-9-18/h2-10,13-14,20-21H,11-12,15H2,1H3,(H,24,27)(H,28,29)/t20-,21-/m0/s1. The number of fused-ring (bicyclic) bond motifs is 1. The van der Waals surface area contributed by atoms with Gasteiger partial charge in [0.1, 0.15) is 0 Å². The Hall–Kier alpha value is -3.41. The number of carbonyl (C=O) groups excluding carboxylic acids is 2. The number of carboxylic acid groups (broad SMARTS) is 1. The highest BCUT2D eigenvalue weighted by Crippen LogP contribution is 2.33. The second-order valence-corrected chi connectivity index (χ2v) is 7.05. The molecule has 1 aliphatic rings. The third-order valence-corrected chi connectivity index (χ3v) is 5.03. The summed E-state index contributed by atoms with van der Waals surface area (Å²) in [5.74, 6) is -1.28. The van der Waals surface area contributed by atoms with Crippen LogP contribution >= 0.6 is 0 Å². The smallest absolute Gasteiger partial charge is 0.303 e. The molecule has 0 aromatic heterocycles. The number of nitrogens with zero attached hydrogens (tertiary/aromatic N) is 1. The summed E-state index contributed by atoms with van der Waals surface area (Å²) >= 11 is 0. The van der Waals surface area contributed by atoms with E-state index >= 15 is 0 Å². The van der Waals surface area contributed by atoms with Crippen molar-refractivity contribution in [2.24, 2.45) is 0 Å². The van der Waals surface area contributed by atoms with Gasteiger partial charge in [-0.05, 0) is 29.2 Å². The Labute approximate surface area is 169 Å². The van der Waals surface area contributed by atoms with Gasteiger partial charge in [-0.1, -0.05) is 54.6 Å². The van der Waals surface area contributed by atoms with Crippen LogP contribution < -0.4 is 5.32 Å². The SMILES string of the molecule is CC(=O)N1C=Cc2ccccc2[C@@H]1CC(=O)N[C@@H](CCC(=O)O)c1ccccc1. The van der Waals surface area contributed by atoms with Crippen molar-refractivity contribution in [1.29, 1.82) is 0 Å². The number of benzene rings is 2. The number of amides is 2. The molecule has 0 fully saturated rings. The molecule has 150 valence electrons. The second kappa shape index (κ2) is 9.19. The van der Waals surface area contributed by atoms with Crippen LogP contribution in [0.25, 0.3) is 6.08 Å². The average molecular weight is 392 g/mol. The lowest BCUT2D eigenvalue weighted by Crippen LogP contribution is -2.36. The van der Waals surface area contributed by atoms with Crippen molar-refractivity contribution in [3.8, 4) is 0 Å². The fourth-order valence-corrected chi connectivity index (χ4v) is 3.62. The third kappa shape index (κ3) is 5.10. The summed E-state index contributed by atoms with van der Waals surface area (Å²) in [5.41, 5.74) is 2.75. The molecule has 0 radical (unpaired) electrons. The molecule has 6 nitrogen and oxygen atoms in total. The van der Waals surface area contributed by atoms with E-state index in [1.807, 2.05) is 60.7 Å². The van der Waals surface area contributed by atoms with E-state index in [-0.39, 0.29) is 24.7 Å². The molecule has 0 saturated heterocycles. The van der Waals surface area contributed by atoms with Crippen molar-refractivity contribution in [2.75, 3.05) is 0 Å². The molecule has 2 amide bonds. The fourth-order valence-electron chi connectivity index (χ4n) is 3.62. The van der Waals surface area contributed by atoms with E-state index < -0.39 is 18.1 Å². The van der Waals surface area contributed by atoms with Gasteiger partial charge in [-0.3, -0.25) is 14.4 Å². The minimum Gasteiger partial charge on any atom is -0.481 e. The summed E-state index contributed by atoms with van der Waals surface area (Å²) < 4.78 is 0. The number of carboxylic acids is 1. The highest BCUT2D eigenvalue weighted by Gasteiger charge is 2.29. The van der Waals surface area contributed by atoms with Crippen molar-refractivity contribution < 1.29 is 19.5 Å². The second-order valence-electron chi connectivity index (χ2n) is 7.05. The Morgan fingerprint density at radius 3 is 2.45 bits per heavy atom. The van der Waals surface area contributed by atoms with E-state index in [0.29, 0.717) is 6.42 Å². The minimum absolute atomic E-state index is 0.0472. The molecule has 0 bridgehead atoms. The number of aliphatic carboxylic acids is 1. The Kier molecular flexibility index (Phi) is 6.44. The number of hydrogen-bond donors (Lipinski definition) is 2. The van der Waals surface area contributed by atoms with Gasteiger partial charge in [0, 0.05) is 19.5 Å². The topological polar surface area (TPSA) is 86.7 Å². The average Bonchev–Trinajstić information content (AvgIpc) is 2.71. The zero-order valence-corrected chi connectivity index (χ0v) is 16.2. The monoisotopic (exact) mass is 392 g/mol. The van der Waals surface area contributed by atoms with Crippen LogP contribution in [0.1, 0.15) is 55.0 Å². The number of rotatable bonds is 7. The van der Waals surface area contributed by atoms with E-state index in [2.05, 4.69) is 5.32 Å². The molecule has 0 aliphatic carbocycles. The van der Waals surface area contributed by atoms with E-state index in [1.165, 1.54) is 6.92 Å². The normalized spacial score (nSPS) is 16.0. The maximum absolute atomic E-state index is 12.9. The van der Waals surface area contributed by atoms with Crippen LogP contribution in [0.4, 0.5) is 0 Å².